The average Bonchev–Trinajstić information content (AvgIpc) is 1.58. The van der Waals surface area contributed by atoms with Gasteiger partial charge in [-0.15, -0.1) is 20.4 Å². The summed E-state index contributed by atoms with van der Waals surface area (Å²) < 4.78 is 7.36. The maximum absolute atomic E-state index is 5.29. The SMILES string of the molecule is CC.CC.CC.CC.CC.CC.CC.CC.CC.CC.CC.CC.CC.CC.CC1=CC=C(c2ccc3c(c2)C(C)(C)c2cc(C)ccc2-3)C2N=CC=NC12.Cc1ccc(-c2nnc(C)n2-c2ccccc2)cc1.Cc1ccc(-c2nnc(C)o2)cc1.Cc1ccc(N(c2ccccc2)c2ccc(-c3ccc4c(c3)C(C)(C)c3cc(C)ccc3-4)cc2)cc1.Cc1ccc2c(c1)C(C)(C)c1cc(N(C)c3ccccc3)ccc1-2. The van der Waals surface area contributed by atoms with E-state index >= 15 is 0 Å². The van der Waals surface area contributed by atoms with Crippen LogP contribution in [0.5, 0.6) is 0 Å². The van der Waals surface area contributed by atoms with E-state index in [4.69, 9.17) is 9.41 Å². The number of aromatic nitrogens is 5. The van der Waals surface area contributed by atoms with Crippen LogP contribution >= 0.6 is 0 Å². The van der Waals surface area contributed by atoms with E-state index in [0.717, 1.165) is 45.5 Å². The van der Waals surface area contributed by atoms with Crippen LogP contribution in [0.2, 0.25) is 0 Å². The van der Waals surface area contributed by atoms with E-state index in [1.807, 2.05) is 263 Å². The Balaban J connectivity index is 0.000000598. The van der Waals surface area contributed by atoms with Gasteiger partial charge in [0, 0.05) is 87.9 Å². The van der Waals surface area contributed by atoms with Crippen molar-refractivity contribution in [1.82, 2.24) is 25.0 Å². The van der Waals surface area contributed by atoms with E-state index < -0.39 is 0 Å². The van der Waals surface area contributed by atoms with E-state index in [0.29, 0.717) is 11.8 Å². The molecular weight excluding hydrogens is 1790 g/mol. The number of hydrogen-bond acceptors (Lipinski definition) is 9. The minimum atomic E-state index is 0.00217. The molecule has 3 heterocycles. The average molecular weight is 1980 g/mol. The van der Waals surface area contributed by atoms with Crippen LogP contribution in [-0.2, 0) is 16.2 Å². The summed E-state index contributed by atoms with van der Waals surface area (Å²) in [6.07, 6.45) is 8.09. The molecule has 5 aliphatic rings. The Morgan fingerprint density at radius 3 is 0.973 bits per heavy atom. The molecule has 10 heteroatoms. The van der Waals surface area contributed by atoms with Crippen LogP contribution in [0.3, 0.4) is 0 Å². The minimum Gasteiger partial charge on any atom is -0.421 e. The summed E-state index contributed by atoms with van der Waals surface area (Å²) in [5, 5.41) is 16.2. The molecule has 1 aliphatic heterocycles. The predicted molar refractivity (Wildman–Crippen MR) is 656 cm³/mol. The highest BCUT2D eigenvalue weighted by Crippen LogP contribution is 2.54. The molecule has 0 radical (unpaired) electrons. The van der Waals surface area contributed by atoms with Crippen LogP contribution in [0, 0.1) is 55.4 Å². The maximum Gasteiger partial charge on any atom is 0.247 e. The smallest absolute Gasteiger partial charge is 0.247 e. The largest absolute Gasteiger partial charge is 0.421 e. The van der Waals surface area contributed by atoms with Crippen molar-refractivity contribution in [2.24, 2.45) is 9.98 Å². The monoisotopic (exact) mass is 1970 g/mol. The lowest BCUT2D eigenvalue weighted by Gasteiger charge is -2.30. The van der Waals surface area contributed by atoms with Crippen LogP contribution in [0.4, 0.5) is 28.4 Å². The number of benzene rings is 13. The highest BCUT2D eigenvalue weighted by molar-refractivity contribution is 6.17. The van der Waals surface area contributed by atoms with Gasteiger partial charge in [-0.1, -0.05) is 481 Å². The molecule has 147 heavy (non-hydrogen) atoms. The molecule has 15 aromatic rings. The molecule has 13 aromatic carbocycles. The van der Waals surface area contributed by atoms with Gasteiger partial charge in [0.25, 0.3) is 0 Å². The first-order valence-corrected chi connectivity index (χ1v) is 55.3. The van der Waals surface area contributed by atoms with Gasteiger partial charge in [0.1, 0.15) is 11.9 Å². The number of rotatable bonds is 10. The van der Waals surface area contributed by atoms with Gasteiger partial charge in [-0.05, 0) is 247 Å². The van der Waals surface area contributed by atoms with E-state index in [2.05, 4.69) is 397 Å². The number of fused-ring (bicyclic) bond motifs is 10. The zero-order valence-corrected chi connectivity index (χ0v) is 99.2. The number of anilines is 5. The zero-order valence-electron chi connectivity index (χ0n) is 99.2. The first kappa shape index (κ1) is 130. The fourth-order valence-electron chi connectivity index (χ4n) is 17.4. The summed E-state index contributed by atoms with van der Waals surface area (Å²) in [5.41, 5.74) is 39.9. The van der Waals surface area contributed by atoms with Crippen molar-refractivity contribution in [1.29, 1.82) is 0 Å². The maximum atomic E-state index is 5.29. The molecule has 0 saturated carbocycles. The Morgan fingerprint density at radius 1 is 0.259 bits per heavy atom. The first-order valence-electron chi connectivity index (χ1n) is 55.3. The van der Waals surface area contributed by atoms with Gasteiger partial charge in [0.15, 0.2) is 5.82 Å². The van der Waals surface area contributed by atoms with Crippen molar-refractivity contribution in [3.8, 4) is 73.0 Å². The lowest BCUT2D eigenvalue weighted by molar-refractivity contribution is 0.533. The summed E-state index contributed by atoms with van der Waals surface area (Å²) >= 11 is 0. The van der Waals surface area contributed by atoms with Crippen molar-refractivity contribution < 1.29 is 4.42 Å². The number of aliphatic imine (C=N–C) groups is 2. The van der Waals surface area contributed by atoms with Gasteiger partial charge in [-0.25, -0.2) is 0 Å². The molecule has 0 bridgehead atoms. The van der Waals surface area contributed by atoms with Gasteiger partial charge < -0.3 is 14.2 Å². The number of para-hydroxylation sites is 3. The van der Waals surface area contributed by atoms with Crippen LogP contribution in [0.25, 0.3) is 78.6 Å². The highest BCUT2D eigenvalue weighted by Gasteiger charge is 2.40. The highest BCUT2D eigenvalue weighted by atomic mass is 16.4. The molecule has 2 unspecified atom stereocenters. The van der Waals surface area contributed by atoms with Crippen molar-refractivity contribution >= 4 is 46.4 Å². The van der Waals surface area contributed by atoms with Crippen LogP contribution in [-0.4, -0.2) is 56.5 Å². The minimum absolute atomic E-state index is 0.00217. The third-order valence-corrected chi connectivity index (χ3v) is 24.3. The molecule has 786 valence electrons. The lowest BCUT2D eigenvalue weighted by Crippen LogP contribution is -2.30. The van der Waals surface area contributed by atoms with E-state index in [1.54, 1.807) is 6.92 Å². The van der Waals surface area contributed by atoms with Crippen molar-refractivity contribution in [2.75, 3.05) is 16.8 Å². The summed E-state index contributed by atoms with van der Waals surface area (Å²) in [6.45, 7) is 88.7. The number of aryl methyl sites for hydroxylation is 8. The van der Waals surface area contributed by atoms with Crippen LogP contribution in [0.15, 0.2) is 329 Å². The fourth-order valence-corrected chi connectivity index (χ4v) is 17.4. The molecule has 0 fully saturated rings. The van der Waals surface area contributed by atoms with Gasteiger partial charge >= 0.3 is 0 Å². The molecular formula is C137H187N9O. The van der Waals surface area contributed by atoms with Crippen LogP contribution < -0.4 is 9.80 Å². The first-order chi connectivity index (χ1) is 71.4. The molecule has 2 aromatic heterocycles. The van der Waals surface area contributed by atoms with Gasteiger partial charge in [0.05, 0.1) is 6.04 Å². The van der Waals surface area contributed by atoms with Gasteiger partial charge in [-0.3, -0.25) is 14.6 Å². The van der Waals surface area contributed by atoms with Gasteiger partial charge in [-0.2, -0.15) is 0 Å². The van der Waals surface area contributed by atoms with E-state index in [1.165, 1.54) is 139 Å². The quantitative estimate of drug-likeness (QED) is 0.134. The zero-order chi connectivity index (χ0) is 111. The Hall–Kier alpha value is -13.4. The normalized spacial score (nSPS) is 12.8. The molecule has 10 nitrogen and oxygen atoms in total. The summed E-state index contributed by atoms with van der Waals surface area (Å²) in [4.78, 5) is 14.0. The summed E-state index contributed by atoms with van der Waals surface area (Å²) in [7, 11) is 2.14. The Bertz CT molecular complexity index is 6360. The second kappa shape index (κ2) is 67.4. The predicted octanol–water partition coefficient (Wildman–Crippen LogP) is 41.6. The third-order valence-electron chi connectivity index (χ3n) is 24.3. The molecule has 0 amide bonds. The standard InChI is InChI=1S/C35H31N.C25H24N2.C23H23N.C16H15N3.C10H10N2O.14C2H6/c1-24-10-16-29(17-11-24)36(28-8-6-5-7-9-28)30-18-13-26(14-19-30)27-15-21-32-31-20-12-25(2)22-33(31)35(3,4)34(32)23-27;1-15-5-8-19-20-10-7-17(14-22(20)25(3,4)21(19)13-15)18-9-6-16(2)23-24(18)27-12-11-26-23;1-16-10-12-19-20-13-11-18(24(4)17-8-6-5-7-9-17)15-22(20)23(2,3)21(19)14-16;1-12-8-10-14(11-9-12)16-18-17-13(2)19(16)15-6-4-3-5-7-15;1-7-3-5-9(6-4-7)10-12-11-8(2)13-10;14*1-2/h5-23H,1-4H3;5-14,23-24H,1-4H3;5-15H,1-4H3;3-11H,1-2H3;3-6H,1-2H3;14*1-2H3. The summed E-state index contributed by atoms with van der Waals surface area (Å²) in [5.74, 6) is 2.94. The van der Waals surface area contributed by atoms with Crippen molar-refractivity contribution in [3.63, 3.8) is 0 Å². The van der Waals surface area contributed by atoms with Crippen molar-refractivity contribution in [3.05, 3.63) is 399 Å². The van der Waals surface area contributed by atoms with E-state index in [9.17, 15) is 0 Å². The molecule has 20 rings (SSSR count). The molecule has 0 N–H and O–H groups in total. The number of nitrogens with zero attached hydrogens (tertiary/aromatic N) is 9. The second-order valence-electron chi connectivity index (χ2n) is 33.8. The molecule has 0 spiro atoms. The number of hydrogen-bond donors (Lipinski definition) is 0. The Morgan fingerprint density at radius 2 is 0.565 bits per heavy atom. The number of allylic oxidation sites excluding steroid dienone is 2. The van der Waals surface area contributed by atoms with E-state index in [-0.39, 0.29) is 28.3 Å². The fraction of sp³-hybridized carbons (Fsp3) is 0.358. The van der Waals surface area contributed by atoms with Crippen LogP contribution in [0.1, 0.15) is 326 Å². The topological polar surface area (TPSA) is 101 Å². The van der Waals surface area contributed by atoms with Crippen molar-refractivity contribution in [2.45, 2.75) is 326 Å². The second-order valence-corrected chi connectivity index (χ2v) is 33.8. The Kier molecular flexibility index (Phi) is 59.4. The van der Waals surface area contributed by atoms with Gasteiger partial charge in [0.2, 0.25) is 11.8 Å². The summed E-state index contributed by atoms with van der Waals surface area (Å²) in [6, 6.07) is 107. The molecule has 4 aliphatic carbocycles. The molecule has 2 atom stereocenters. The molecule has 0 saturated heterocycles. The Labute approximate surface area is 894 Å². The lowest BCUT2D eigenvalue weighted by atomic mass is 9.79. The third kappa shape index (κ3) is 32.8.